The molecule has 3 rings (SSSR count). The van der Waals surface area contributed by atoms with Crippen LogP contribution in [0.5, 0.6) is 0 Å². The van der Waals surface area contributed by atoms with Crippen LogP contribution in [0, 0.1) is 0 Å². The molecule has 2 N–H and O–H groups in total. The summed E-state index contributed by atoms with van der Waals surface area (Å²) in [7, 11) is -3.80. The van der Waals surface area contributed by atoms with Gasteiger partial charge in [0.2, 0.25) is 5.91 Å². The maximum absolute atomic E-state index is 12.7. The average molecular weight is 389 g/mol. The molecule has 27 heavy (non-hydrogen) atoms. The van der Waals surface area contributed by atoms with E-state index in [4.69, 9.17) is 0 Å². The number of fused-ring (bicyclic) bond motifs is 1. The molecule has 144 valence electrons. The third kappa shape index (κ3) is 4.36. The van der Waals surface area contributed by atoms with E-state index in [2.05, 4.69) is 20.2 Å². The second-order valence-electron chi connectivity index (χ2n) is 7.50. The summed E-state index contributed by atoms with van der Waals surface area (Å²) in [6, 6.07) is 7.99. The molecule has 0 spiro atoms. The Morgan fingerprint density at radius 1 is 1.11 bits per heavy atom. The van der Waals surface area contributed by atoms with Gasteiger partial charge in [-0.05, 0) is 63.1 Å². The van der Waals surface area contributed by atoms with E-state index in [1.807, 2.05) is 20.8 Å². The van der Waals surface area contributed by atoms with Gasteiger partial charge in [-0.2, -0.15) is 0 Å². The predicted octanol–water partition coefficient (Wildman–Crippen LogP) is 2.40. The highest BCUT2D eigenvalue weighted by Gasteiger charge is 2.25. The quantitative estimate of drug-likeness (QED) is 0.832. The summed E-state index contributed by atoms with van der Waals surface area (Å²) in [5.74, 6) is 0.648. The maximum Gasteiger partial charge on any atom is 0.263 e. The number of nitrogens with zero attached hydrogens (tertiary/aromatic N) is 3. The van der Waals surface area contributed by atoms with Crippen molar-refractivity contribution in [3.8, 4) is 0 Å². The zero-order chi connectivity index (χ0) is 19.8. The molecule has 0 saturated carbocycles. The smallest absolute Gasteiger partial charge is 0.263 e. The van der Waals surface area contributed by atoms with Gasteiger partial charge in [0.15, 0.2) is 5.82 Å². The van der Waals surface area contributed by atoms with E-state index in [1.165, 1.54) is 13.0 Å². The number of carbonyl (C=O) groups excluding carboxylic acids is 1. The van der Waals surface area contributed by atoms with Crippen molar-refractivity contribution < 1.29 is 13.2 Å². The first-order valence-corrected chi connectivity index (χ1v) is 10.1. The molecule has 1 amide bonds. The molecule has 0 unspecified atom stereocenters. The molecule has 0 saturated heterocycles. The van der Waals surface area contributed by atoms with E-state index >= 15 is 0 Å². The highest BCUT2D eigenvalue weighted by Crippen LogP contribution is 2.30. The Bertz CT molecular complexity index is 965. The third-order valence-corrected chi connectivity index (χ3v) is 5.40. The number of benzene rings is 1. The van der Waals surface area contributed by atoms with Crippen LogP contribution in [0.2, 0.25) is 0 Å². The monoisotopic (exact) mass is 389 g/mol. The summed E-state index contributed by atoms with van der Waals surface area (Å²) in [6.07, 6.45) is 0.630. The SMILES string of the molecule is CC(=O)N1CCc2cc(S(=O)(=O)Nc3ccc(NC(C)(C)C)nn3)ccc21. The molecule has 1 aliphatic heterocycles. The number of aromatic nitrogens is 2. The Kier molecular flexibility index (Phi) is 4.81. The minimum atomic E-state index is -3.80. The number of nitrogens with one attached hydrogen (secondary N) is 2. The zero-order valence-corrected chi connectivity index (χ0v) is 16.6. The molecule has 1 aliphatic rings. The number of amides is 1. The van der Waals surface area contributed by atoms with Crippen molar-refractivity contribution in [2.75, 3.05) is 21.5 Å². The first-order chi connectivity index (χ1) is 12.5. The van der Waals surface area contributed by atoms with Gasteiger partial charge in [0.25, 0.3) is 10.0 Å². The van der Waals surface area contributed by atoms with E-state index in [0.717, 1.165) is 11.3 Å². The summed E-state index contributed by atoms with van der Waals surface area (Å²) in [6.45, 7) is 8.04. The van der Waals surface area contributed by atoms with Gasteiger partial charge in [0.05, 0.1) is 4.90 Å². The lowest BCUT2D eigenvalue weighted by molar-refractivity contribution is -0.116. The largest absolute Gasteiger partial charge is 0.364 e. The van der Waals surface area contributed by atoms with Gasteiger partial charge >= 0.3 is 0 Å². The van der Waals surface area contributed by atoms with E-state index in [-0.39, 0.29) is 22.2 Å². The Balaban J connectivity index is 1.79. The van der Waals surface area contributed by atoms with E-state index in [0.29, 0.717) is 18.8 Å². The molecule has 8 nitrogen and oxygen atoms in total. The first-order valence-electron chi connectivity index (χ1n) is 8.61. The van der Waals surface area contributed by atoms with Crippen LogP contribution < -0.4 is 14.9 Å². The van der Waals surface area contributed by atoms with Gasteiger partial charge in [-0.1, -0.05) is 0 Å². The molecule has 0 aliphatic carbocycles. The molecular weight excluding hydrogens is 366 g/mol. The number of hydrogen-bond acceptors (Lipinski definition) is 6. The van der Waals surface area contributed by atoms with Crippen LogP contribution in [0.1, 0.15) is 33.3 Å². The number of rotatable bonds is 4. The highest BCUT2D eigenvalue weighted by molar-refractivity contribution is 7.92. The molecule has 0 atom stereocenters. The Morgan fingerprint density at radius 3 is 2.37 bits per heavy atom. The van der Waals surface area contributed by atoms with Gasteiger partial charge in [-0.25, -0.2) is 8.42 Å². The maximum atomic E-state index is 12.7. The Hall–Kier alpha value is -2.68. The molecular formula is C18H23N5O3S. The van der Waals surface area contributed by atoms with Crippen molar-refractivity contribution in [2.24, 2.45) is 0 Å². The summed E-state index contributed by atoms with van der Waals surface area (Å²) in [4.78, 5) is 13.4. The average Bonchev–Trinajstić information content (AvgIpc) is 2.98. The second kappa shape index (κ2) is 6.80. The van der Waals surface area contributed by atoms with E-state index in [1.54, 1.807) is 29.2 Å². The van der Waals surface area contributed by atoms with Crippen molar-refractivity contribution >= 4 is 33.3 Å². The van der Waals surface area contributed by atoms with Crippen LogP contribution >= 0.6 is 0 Å². The zero-order valence-electron chi connectivity index (χ0n) is 15.8. The standard InChI is InChI=1S/C18H23N5O3S/c1-12(24)23-10-9-13-11-14(5-6-15(13)23)27(25,26)22-17-8-7-16(20-21-17)19-18(2,3)4/h5-8,11H,9-10H2,1-4H3,(H,19,20)(H,21,22). The molecule has 0 radical (unpaired) electrons. The molecule has 2 heterocycles. The third-order valence-electron chi connectivity index (χ3n) is 4.04. The van der Waals surface area contributed by atoms with Crippen LogP contribution in [-0.4, -0.2) is 36.6 Å². The fourth-order valence-electron chi connectivity index (χ4n) is 2.91. The fraction of sp³-hybridized carbons (Fsp3) is 0.389. The topological polar surface area (TPSA) is 104 Å². The lowest BCUT2D eigenvalue weighted by atomic mass is 10.1. The summed E-state index contributed by atoms with van der Waals surface area (Å²) in [5.41, 5.74) is 1.43. The molecule has 2 aromatic rings. The number of sulfonamides is 1. The number of anilines is 3. The van der Waals surface area contributed by atoms with Crippen molar-refractivity contribution in [2.45, 2.75) is 44.6 Å². The lowest BCUT2D eigenvalue weighted by Gasteiger charge is -2.20. The number of hydrogen-bond donors (Lipinski definition) is 2. The molecule has 1 aromatic heterocycles. The van der Waals surface area contributed by atoms with Crippen LogP contribution in [0.3, 0.4) is 0 Å². The summed E-state index contributed by atoms with van der Waals surface area (Å²) in [5, 5.41) is 11.1. The van der Waals surface area contributed by atoms with Crippen molar-refractivity contribution in [1.82, 2.24) is 10.2 Å². The lowest BCUT2D eigenvalue weighted by Crippen LogP contribution is -2.27. The second-order valence-corrected chi connectivity index (χ2v) is 9.18. The van der Waals surface area contributed by atoms with Gasteiger partial charge < -0.3 is 10.2 Å². The van der Waals surface area contributed by atoms with Gasteiger partial charge in [0.1, 0.15) is 5.82 Å². The summed E-state index contributed by atoms with van der Waals surface area (Å²) < 4.78 is 27.8. The highest BCUT2D eigenvalue weighted by atomic mass is 32.2. The fourth-order valence-corrected chi connectivity index (χ4v) is 3.95. The van der Waals surface area contributed by atoms with Crippen molar-refractivity contribution in [3.63, 3.8) is 0 Å². The molecule has 9 heteroatoms. The number of carbonyl (C=O) groups is 1. The Morgan fingerprint density at radius 2 is 1.78 bits per heavy atom. The Labute approximate surface area is 159 Å². The van der Waals surface area contributed by atoms with Crippen LogP contribution in [0.25, 0.3) is 0 Å². The summed E-state index contributed by atoms with van der Waals surface area (Å²) >= 11 is 0. The molecule has 0 bridgehead atoms. The molecule has 1 aromatic carbocycles. The van der Waals surface area contributed by atoms with Gasteiger partial charge in [0, 0.05) is 24.7 Å². The van der Waals surface area contributed by atoms with Crippen molar-refractivity contribution in [1.29, 1.82) is 0 Å². The van der Waals surface area contributed by atoms with Crippen LogP contribution in [-0.2, 0) is 21.2 Å². The van der Waals surface area contributed by atoms with Gasteiger partial charge in [-0.3, -0.25) is 9.52 Å². The van der Waals surface area contributed by atoms with Crippen molar-refractivity contribution in [3.05, 3.63) is 35.9 Å². The first kappa shape index (κ1) is 19.1. The van der Waals surface area contributed by atoms with Crippen LogP contribution in [0.4, 0.5) is 17.3 Å². The van der Waals surface area contributed by atoms with Gasteiger partial charge in [-0.15, -0.1) is 10.2 Å². The normalized spacial score (nSPS) is 14.0. The van der Waals surface area contributed by atoms with E-state index in [9.17, 15) is 13.2 Å². The van der Waals surface area contributed by atoms with E-state index < -0.39 is 10.0 Å². The van der Waals surface area contributed by atoms with Crippen LogP contribution in [0.15, 0.2) is 35.2 Å². The minimum Gasteiger partial charge on any atom is -0.364 e. The predicted molar refractivity (Wildman–Crippen MR) is 104 cm³/mol. The molecule has 0 fully saturated rings. The minimum absolute atomic E-state index is 0.0540.